The number of anilines is 4. The standard InChI is InChI=1S/C20H26ClN7OS/c1-13(21)30-28-10-8-27(9-11-28)16-6-4-15(5-7-16)25-20-23-12-17(18(22)29)19(26-20)24-14-2-3-14/h4-7,12-14H,2-3,8-11H2,1H3,(H2,22,29)(H2,23,24,25,26). The van der Waals surface area contributed by atoms with Gasteiger partial charge in [-0.1, -0.05) is 11.9 Å². The lowest BCUT2D eigenvalue weighted by Gasteiger charge is -2.35. The van der Waals surface area contributed by atoms with Crippen LogP contribution in [-0.4, -0.2) is 57.1 Å². The average Bonchev–Trinajstić information content (AvgIpc) is 3.53. The molecule has 0 bridgehead atoms. The fourth-order valence-corrected chi connectivity index (χ4v) is 4.42. The van der Waals surface area contributed by atoms with Gasteiger partial charge in [-0.05, 0) is 44.0 Å². The molecule has 2 heterocycles. The number of halogens is 1. The van der Waals surface area contributed by atoms with E-state index in [4.69, 9.17) is 17.3 Å². The van der Waals surface area contributed by atoms with Crippen molar-refractivity contribution in [2.24, 2.45) is 5.73 Å². The molecule has 2 aromatic rings. The summed E-state index contributed by atoms with van der Waals surface area (Å²) in [4.78, 5) is 22.7. The highest BCUT2D eigenvalue weighted by atomic mass is 35.5. The number of alkyl halides is 1. The Balaban J connectivity index is 1.38. The molecule has 1 aromatic heterocycles. The molecule has 1 aliphatic heterocycles. The number of nitrogens with zero attached hydrogens (tertiary/aromatic N) is 4. The van der Waals surface area contributed by atoms with E-state index in [2.05, 4.69) is 41.9 Å². The van der Waals surface area contributed by atoms with Crippen molar-refractivity contribution in [3.8, 4) is 0 Å². The molecule has 1 aromatic carbocycles. The predicted molar refractivity (Wildman–Crippen MR) is 124 cm³/mol. The Morgan fingerprint density at radius 1 is 1.23 bits per heavy atom. The first-order chi connectivity index (χ1) is 14.5. The molecule has 0 radical (unpaired) electrons. The summed E-state index contributed by atoms with van der Waals surface area (Å²) in [5.41, 5.74) is 7.81. The van der Waals surface area contributed by atoms with Crippen LogP contribution in [0.2, 0.25) is 0 Å². The molecule has 1 unspecified atom stereocenters. The van der Waals surface area contributed by atoms with Crippen molar-refractivity contribution in [3.63, 3.8) is 0 Å². The lowest BCUT2D eigenvalue weighted by Crippen LogP contribution is -2.43. The highest BCUT2D eigenvalue weighted by molar-refractivity contribution is 7.98. The van der Waals surface area contributed by atoms with E-state index in [0.29, 0.717) is 23.4 Å². The van der Waals surface area contributed by atoms with Crippen LogP contribution in [0.1, 0.15) is 30.1 Å². The zero-order valence-electron chi connectivity index (χ0n) is 16.8. The van der Waals surface area contributed by atoms with E-state index in [-0.39, 0.29) is 4.71 Å². The van der Waals surface area contributed by atoms with Gasteiger partial charge in [-0.2, -0.15) is 4.98 Å². The second-order valence-electron chi connectivity index (χ2n) is 7.48. The third kappa shape index (κ3) is 5.47. The van der Waals surface area contributed by atoms with E-state index in [9.17, 15) is 4.79 Å². The minimum atomic E-state index is -0.534. The van der Waals surface area contributed by atoms with Gasteiger partial charge in [0, 0.05) is 49.8 Å². The van der Waals surface area contributed by atoms with Gasteiger partial charge in [0.05, 0.1) is 10.3 Å². The van der Waals surface area contributed by atoms with Crippen molar-refractivity contribution in [2.75, 3.05) is 41.7 Å². The van der Waals surface area contributed by atoms with E-state index >= 15 is 0 Å². The summed E-state index contributed by atoms with van der Waals surface area (Å²) in [7, 11) is 0. The molecule has 1 amide bonds. The summed E-state index contributed by atoms with van der Waals surface area (Å²) in [6.07, 6.45) is 3.62. The molecule has 30 heavy (non-hydrogen) atoms. The average molecular weight is 448 g/mol. The summed E-state index contributed by atoms with van der Waals surface area (Å²) < 4.78 is 2.42. The minimum absolute atomic E-state index is 0.0983. The Bertz CT molecular complexity index is 883. The fraction of sp³-hybridized carbons (Fsp3) is 0.450. The van der Waals surface area contributed by atoms with Gasteiger partial charge < -0.3 is 21.3 Å². The molecule has 4 rings (SSSR count). The van der Waals surface area contributed by atoms with Gasteiger partial charge in [-0.15, -0.1) is 11.6 Å². The monoisotopic (exact) mass is 447 g/mol. The lowest BCUT2D eigenvalue weighted by molar-refractivity contribution is 0.100. The maximum atomic E-state index is 11.6. The summed E-state index contributed by atoms with van der Waals surface area (Å²) in [6.45, 7) is 5.91. The first-order valence-electron chi connectivity index (χ1n) is 10.1. The van der Waals surface area contributed by atoms with Crippen molar-refractivity contribution in [1.82, 2.24) is 14.3 Å². The normalized spacial score (nSPS) is 18.1. The molecule has 160 valence electrons. The van der Waals surface area contributed by atoms with Crippen LogP contribution in [-0.2, 0) is 0 Å². The second-order valence-corrected chi connectivity index (χ2v) is 9.82. The maximum absolute atomic E-state index is 11.6. The minimum Gasteiger partial charge on any atom is -0.369 e. The molecule has 0 spiro atoms. The number of piperazine rings is 1. The third-order valence-electron chi connectivity index (χ3n) is 4.99. The summed E-state index contributed by atoms with van der Waals surface area (Å²) in [5, 5.41) is 6.45. The van der Waals surface area contributed by atoms with Crippen molar-refractivity contribution < 1.29 is 4.79 Å². The molecule has 2 aliphatic rings. The van der Waals surface area contributed by atoms with E-state index in [1.165, 1.54) is 11.9 Å². The zero-order valence-corrected chi connectivity index (χ0v) is 18.4. The van der Waals surface area contributed by atoms with Gasteiger partial charge in [-0.3, -0.25) is 4.79 Å². The summed E-state index contributed by atoms with van der Waals surface area (Å²) in [5.74, 6) is 0.380. The number of benzene rings is 1. The number of carbonyl (C=O) groups is 1. The predicted octanol–water partition coefficient (Wildman–Crippen LogP) is 3.25. The number of hydrogen-bond donors (Lipinski definition) is 3. The highest BCUT2D eigenvalue weighted by Crippen LogP contribution is 2.27. The Labute approximate surface area is 185 Å². The number of amides is 1. The second kappa shape index (κ2) is 9.28. The van der Waals surface area contributed by atoms with Gasteiger partial charge in [0.2, 0.25) is 5.95 Å². The Kier molecular flexibility index (Phi) is 6.50. The Morgan fingerprint density at radius 3 is 2.53 bits per heavy atom. The first kappa shape index (κ1) is 21.0. The number of nitrogens with two attached hydrogens (primary N) is 1. The SMILES string of the molecule is CC(Cl)SN1CCN(c2ccc(Nc3ncc(C(N)=O)c(NC4CC4)n3)cc2)CC1. The maximum Gasteiger partial charge on any atom is 0.254 e. The first-order valence-corrected chi connectivity index (χ1v) is 11.4. The molecule has 4 N–H and O–H groups in total. The Hall–Kier alpha value is -2.23. The van der Waals surface area contributed by atoms with Crippen molar-refractivity contribution in [2.45, 2.75) is 30.5 Å². The largest absolute Gasteiger partial charge is 0.369 e. The van der Waals surface area contributed by atoms with Crippen molar-refractivity contribution in [3.05, 3.63) is 36.0 Å². The third-order valence-corrected chi connectivity index (χ3v) is 6.19. The van der Waals surface area contributed by atoms with Crippen LogP contribution < -0.4 is 21.3 Å². The number of carbonyl (C=O) groups excluding carboxylic acids is 1. The quantitative estimate of drug-likeness (QED) is 0.419. The van der Waals surface area contributed by atoms with Gasteiger partial charge in [-0.25, -0.2) is 9.29 Å². The fourth-order valence-electron chi connectivity index (χ4n) is 3.30. The molecule has 10 heteroatoms. The smallest absolute Gasteiger partial charge is 0.254 e. The van der Waals surface area contributed by atoms with Crippen LogP contribution in [0.15, 0.2) is 30.5 Å². The van der Waals surface area contributed by atoms with Crippen LogP contribution in [0.4, 0.5) is 23.1 Å². The van der Waals surface area contributed by atoms with Crippen LogP contribution in [0.3, 0.4) is 0 Å². The van der Waals surface area contributed by atoms with Crippen molar-refractivity contribution >= 4 is 52.6 Å². The van der Waals surface area contributed by atoms with Gasteiger partial charge >= 0.3 is 0 Å². The number of nitrogens with one attached hydrogen (secondary N) is 2. The molecule has 1 saturated carbocycles. The van der Waals surface area contributed by atoms with E-state index < -0.39 is 5.91 Å². The number of aromatic nitrogens is 2. The molecular formula is C20H26ClN7OS. The molecule has 1 aliphatic carbocycles. The molecule has 8 nitrogen and oxygen atoms in total. The van der Waals surface area contributed by atoms with Crippen LogP contribution in [0.5, 0.6) is 0 Å². The molecular weight excluding hydrogens is 422 g/mol. The number of rotatable bonds is 8. The van der Waals surface area contributed by atoms with Gasteiger partial charge in [0.1, 0.15) is 5.82 Å². The Morgan fingerprint density at radius 2 is 1.93 bits per heavy atom. The zero-order chi connectivity index (χ0) is 21.1. The molecule has 2 fully saturated rings. The van der Waals surface area contributed by atoms with Crippen LogP contribution in [0.25, 0.3) is 0 Å². The van der Waals surface area contributed by atoms with E-state index in [0.717, 1.165) is 44.7 Å². The van der Waals surface area contributed by atoms with E-state index in [1.54, 1.807) is 11.9 Å². The summed E-state index contributed by atoms with van der Waals surface area (Å²) in [6, 6.07) is 8.57. The molecule has 1 atom stereocenters. The van der Waals surface area contributed by atoms with Crippen LogP contribution in [0, 0.1) is 0 Å². The van der Waals surface area contributed by atoms with Crippen LogP contribution >= 0.6 is 23.5 Å². The van der Waals surface area contributed by atoms with Gasteiger partial charge in [0.15, 0.2) is 0 Å². The molecule has 1 saturated heterocycles. The van der Waals surface area contributed by atoms with Gasteiger partial charge in [0.25, 0.3) is 5.91 Å². The van der Waals surface area contributed by atoms with E-state index in [1.807, 2.05) is 19.1 Å². The number of primary amides is 1. The topological polar surface area (TPSA) is 99.4 Å². The highest BCUT2D eigenvalue weighted by Gasteiger charge is 2.24. The number of hydrogen-bond acceptors (Lipinski definition) is 8. The summed E-state index contributed by atoms with van der Waals surface area (Å²) >= 11 is 7.78. The lowest BCUT2D eigenvalue weighted by atomic mass is 10.2. The van der Waals surface area contributed by atoms with Crippen molar-refractivity contribution in [1.29, 1.82) is 0 Å².